The Morgan fingerprint density at radius 3 is 2.93 bits per heavy atom. The first kappa shape index (κ1) is 17.0. The van der Waals surface area contributed by atoms with Crippen LogP contribution < -0.4 is 5.32 Å². The van der Waals surface area contributed by atoms with Gasteiger partial charge in [0.15, 0.2) is 5.65 Å². The first-order valence-corrected chi connectivity index (χ1v) is 10.1. The molecule has 5 aromatic rings. The topological polar surface area (TPSA) is 98.5 Å². The lowest BCUT2D eigenvalue weighted by Crippen LogP contribution is -2.14. The summed E-state index contributed by atoms with van der Waals surface area (Å²) in [6, 6.07) is 13.5. The van der Waals surface area contributed by atoms with Gasteiger partial charge in [-0.2, -0.15) is 8.75 Å². The van der Waals surface area contributed by atoms with Crippen molar-refractivity contribution >= 4 is 68.2 Å². The lowest BCUT2D eigenvalue weighted by Gasteiger charge is -2.05. The second-order valence-electron chi connectivity index (χ2n) is 6.12. The Balaban J connectivity index is 1.35. The Kier molecular flexibility index (Phi) is 4.14. The summed E-state index contributed by atoms with van der Waals surface area (Å²) in [6.07, 6.45) is 0. The highest BCUT2D eigenvalue weighted by Crippen LogP contribution is 2.26. The van der Waals surface area contributed by atoms with Gasteiger partial charge >= 0.3 is 0 Å². The molecule has 0 radical (unpaired) electrons. The molecule has 0 atom stereocenters. The van der Waals surface area contributed by atoms with Gasteiger partial charge in [-0.3, -0.25) is 4.79 Å². The van der Waals surface area contributed by atoms with Gasteiger partial charge in [0.05, 0.1) is 28.7 Å². The molecule has 0 saturated carbocycles. The van der Waals surface area contributed by atoms with E-state index in [-0.39, 0.29) is 11.7 Å². The Hall–Kier alpha value is -3.11. The van der Waals surface area contributed by atoms with Crippen LogP contribution in [0.4, 0.5) is 5.69 Å². The van der Waals surface area contributed by atoms with Crippen molar-refractivity contribution in [3.63, 3.8) is 0 Å². The molecule has 8 nitrogen and oxygen atoms in total. The van der Waals surface area contributed by atoms with Gasteiger partial charge in [0.1, 0.15) is 16.6 Å². The summed E-state index contributed by atoms with van der Waals surface area (Å²) < 4.78 is 10.4. The number of para-hydroxylation sites is 1. The molecule has 0 spiro atoms. The van der Waals surface area contributed by atoms with Crippen LogP contribution in [0.2, 0.25) is 0 Å². The molecule has 5 rings (SSSR count). The summed E-state index contributed by atoms with van der Waals surface area (Å²) in [5, 5.41) is 12.9. The van der Waals surface area contributed by atoms with Crippen LogP contribution in [0.5, 0.6) is 0 Å². The third kappa shape index (κ3) is 2.86. The minimum absolute atomic E-state index is 0.161. The van der Waals surface area contributed by atoms with E-state index in [9.17, 15) is 4.79 Å². The summed E-state index contributed by atoms with van der Waals surface area (Å²) in [5.74, 6) is 0.0108. The van der Waals surface area contributed by atoms with Gasteiger partial charge in [-0.1, -0.05) is 36.0 Å². The predicted molar refractivity (Wildman–Crippen MR) is 111 cm³/mol. The Morgan fingerprint density at radius 1 is 1.11 bits per heavy atom. The van der Waals surface area contributed by atoms with Crippen LogP contribution in [0.3, 0.4) is 0 Å². The number of benzene rings is 2. The fourth-order valence-electron chi connectivity index (χ4n) is 3.08. The van der Waals surface area contributed by atoms with Crippen molar-refractivity contribution in [2.75, 3.05) is 11.1 Å². The van der Waals surface area contributed by atoms with Gasteiger partial charge in [0.25, 0.3) is 0 Å². The zero-order chi connectivity index (χ0) is 19.1. The largest absolute Gasteiger partial charge is 0.327 e. The number of anilines is 1. The third-order valence-electron chi connectivity index (χ3n) is 4.38. The number of fused-ring (bicyclic) bond motifs is 4. The molecule has 3 heterocycles. The second kappa shape index (κ2) is 6.80. The number of carbonyl (C=O) groups is 1. The highest BCUT2D eigenvalue weighted by molar-refractivity contribution is 7.99. The number of hydrogen-bond acceptors (Lipinski definition) is 8. The van der Waals surface area contributed by atoms with Crippen molar-refractivity contribution in [3.05, 3.63) is 42.5 Å². The number of hydrogen-bond donors (Lipinski definition) is 1. The highest BCUT2D eigenvalue weighted by atomic mass is 32.2. The summed E-state index contributed by atoms with van der Waals surface area (Å²) in [5.41, 5.74) is 4.67. The van der Waals surface area contributed by atoms with Crippen LogP contribution in [0, 0.1) is 0 Å². The minimum Gasteiger partial charge on any atom is -0.327 e. The molecule has 0 saturated heterocycles. The molecule has 1 N–H and O–H groups in total. The lowest BCUT2D eigenvalue weighted by atomic mass is 10.2. The van der Waals surface area contributed by atoms with Crippen molar-refractivity contribution in [2.24, 2.45) is 7.05 Å². The number of rotatable bonds is 4. The van der Waals surface area contributed by atoms with Gasteiger partial charge in [0.2, 0.25) is 11.1 Å². The molecule has 3 aromatic heterocycles. The maximum Gasteiger partial charge on any atom is 0.234 e. The number of aryl methyl sites for hydroxylation is 1. The van der Waals surface area contributed by atoms with Gasteiger partial charge in [-0.05, 0) is 18.2 Å². The van der Waals surface area contributed by atoms with E-state index in [0.29, 0.717) is 16.4 Å². The molecule has 0 fully saturated rings. The van der Waals surface area contributed by atoms with Gasteiger partial charge in [-0.15, -0.1) is 10.2 Å². The maximum atomic E-state index is 12.4. The van der Waals surface area contributed by atoms with E-state index in [4.69, 9.17) is 0 Å². The Morgan fingerprint density at radius 2 is 2.00 bits per heavy atom. The van der Waals surface area contributed by atoms with E-state index in [2.05, 4.69) is 29.2 Å². The molecular formula is C18H13N7OS2. The fourth-order valence-corrected chi connectivity index (χ4v) is 4.21. The predicted octanol–water partition coefficient (Wildman–Crippen LogP) is 3.25. The fraction of sp³-hybridized carbons (Fsp3) is 0.111. The Bertz CT molecular complexity index is 1340. The quantitative estimate of drug-likeness (QED) is 0.457. The van der Waals surface area contributed by atoms with E-state index in [0.717, 1.165) is 39.3 Å². The van der Waals surface area contributed by atoms with Gasteiger partial charge < -0.3 is 9.88 Å². The molecule has 0 bridgehead atoms. The number of aromatic nitrogens is 6. The normalized spacial score (nSPS) is 11.5. The van der Waals surface area contributed by atoms with Crippen molar-refractivity contribution in [2.45, 2.75) is 5.16 Å². The van der Waals surface area contributed by atoms with Crippen LogP contribution in [0.15, 0.2) is 47.6 Å². The molecule has 138 valence electrons. The van der Waals surface area contributed by atoms with E-state index < -0.39 is 0 Å². The second-order valence-corrected chi connectivity index (χ2v) is 7.59. The molecule has 0 aliphatic carbocycles. The molecule has 2 aromatic carbocycles. The summed E-state index contributed by atoms with van der Waals surface area (Å²) in [7, 11) is 1.95. The molecular weight excluding hydrogens is 394 g/mol. The standard InChI is InChI=1S/C18H13N7OS2/c1-25-13-8-3-2-5-10(13)15-17(25)20-18(22-21-15)27-9-14(26)19-11-6-4-7-12-16(11)24-28-23-12/h2-8H,9H2,1H3,(H,19,26). The van der Waals surface area contributed by atoms with E-state index in [1.165, 1.54) is 11.8 Å². The smallest absolute Gasteiger partial charge is 0.234 e. The van der Waals surface area contributed by atoms with Crippen LogP contribution in [-0.2, 0) is 11.8 Å². The molecule has 10 heteroatoms. The first-order chi connectivity index (χ1) is 13.7. The average Bonchev–Trinajstić information content (AvgIpc) is 3.31. The van der Waals surface area contributed by atoms with Gasteiger partial charge in [0, 0.05) is 12.4 Å². The monoisotopic (exact) mass is 407 g/mol. The van der Waals surface area contributed by atoms with E-state index in [1.54, 1.807) is 0 Å². The van der Waals surface area contributed by atoms with E-state index in [1.807, 2.05) is 54.1 Å². The van der Waals surface area contributed by atoms with Crippen molar-refractivity contribution in [3.8, 4) is 0 Å². The number of nitrogens with zero attached hydrogens (tertiary/aromatic N) is 6. The van der Waals surface area contributed by atoms with Crippen LogP contribution in [0.1, 0.15) is 0 Å². The summed E-state index contributed by atoms with van der Waals surface area (Å²) in [4.78, 5) is 16.9. The number of nitrogens with one attached hydrogen (secondary N) is 1. The SMILES string of the molecule is Cn1c2ccccc2c2nnc(SCC(=O)Nc3cccc4nsnc34)nc21. The number of carbonyl (C=O) groups excluding carboxylic acids is 1. The lowest BCUT2D eigenvalue weighted by molar-refractivity contribution is -0.113. The van der Waals surface area contributed by atoms with Crippen molar-refractivity contribution < 1.29 is 4.79 Å². The molecule has 0 unspecified atom stereocenters. The highest BCUT2D eigenvalue weighted by Gasteiger charge is 2.14. The van der Waals surface area contributed by atoms with Crippen molar-refractivity contribution in [1.29, 1.82) is 0 Å². The van der Waals surface area contributed by atoms with Crippen LogP contribution >= 0.6 is 23.5 Å². The zero-order valence-electron chi connectivity index (χ0n) is 14.7. The average molecular weight is 407 g/mol. The maximum absolute atomic E-state index is 12.4. The molecule has 0 aliphatic heterocycles. The Labute approximate surface area is 167 Å². The van der Waals surface area contributed by atoms with Gasteiger partial charge in [-0.25, -0.2) is 4.98 Å². The number of thioether (sulfide) groups is 1. The first-order valence-electron chi connectivity index (χ1n) is 8.42. The minimum atomic E-state index is -0.161. The molecule has 0 aliphatic rings. The summed E-state index contributed by atoms with van der Waals surface area (Å²) in [6.45, 7) is 0. The zero-order valence-corrected chi connectivity index (χ0v) is 16.3. The third-order valence-corrected chi connectivity index (χ3v) is 5.76. The van der Waals surface area contributed by atoms with Crippen LogP contribution in [0.25, 0.3) is 33.1 Å². The number of amides is 1. The van der Waals surface area contributed by atoms with E-state index >= 15 is 0 Å². The molecule has 1 amide bonds. The van der Waals surface area contributed by atoms with Crippen molar-refractivity contribution in [1.82, 2.24) is 28.5 Å². The molecule has 28 heavy (non-hydrogen) atoms. The summed E-state index contributed by atoms with van der Waals surface area (Å²) >= 11 is 2.37. The van der Waals surface area contributed by atoms with Crippen LogP contribution in [-0.4, -0.2) is 40.2 Å².